The Morgan fingerprint density at radius 2 is 2.04 bits per heavy atom. The van der Waals surface area contributed by atoms with Crippen LogP contribution in [0.2, 0.25) is 0 Å². The second-order valence-electron chi connectivity index (χ2n) is 7.15. The minimum atomic E-state index is -0.675. The summed E-state index contributed by atoms with van der Waals surface area (Å²) in [6.07, 6.45) is 9.11. The zero-order valence-corrected chi connectivity index (χ0v) is 16.6. The van der Waals surface area contributed by atoms with Gasteiger partial charge in [0.15, 0.2) is 0 Å². The molecule has 2 aliphatic carbocycles. The Balaban J connectivity index is 1.66. The summed E-state index contributed by atoms with van der Waals surface area (Å²) in [6.45, 7) is 2.28. The van der Waals surface area contributed by atoms with E-state index in [1.165, 1.54) is 23.5 Å². The molecule has 1 saturated heterocycles. The van der Waals surface area contributed by atoms with Crippen molar-refractivity contribution in [1.82, 2.24) is 4.98 Å². The topological polar surface area (TPSA) is 33.1 Å². The van der Waals surface area contributed by atoms with Crippen molar-refractivity contribution in [3.63, 3.8) is 0 Å². The minimum Gasteiger partial charge on any atom is -0.389 e. The first-order valence-corrected chi connectivity index (χ1v) is 11.0. The molecule has 3 aliphatic rings. The lowest BCUT2D eigenvalue weighted by Gasteiger charge is -2.46. The molecule has 1 N–H and O–H groups in total. The van der Waals surface area contributed by atoms with Crippen molar-refractivity contribution in [2.75, 3.05) is 11.5 Å². The number of fused-ring (bicyclic) bond motifs is 1. The van der Waals surface area contributed by atoms with E-state index in [1.807, 2.05) is 18.3 Å². The van der Waals surface area contributed by atoms with Crippen LogP contribution < -0.4 is 0 Å². The van der Waals surface area contributed by atoms with E-state index in [4.69, 9.17) is 0 Å². The number of thioether (sulfide) groups is 2. The van der Waals surface area contributed by atoms with E-state index in [0.29, 0.717) is 10.5 Å². The number of hydrogen-bond donors (Lipinski definition) is 1. The van der Waals surface area contributed by atoms with Gasteiger partial charge in [-0.25, -0.2) is 0 Å². The van der Waals surface area contributed by atoms with Crippen molar-refractivity contribution in [1.29, 1.82) is 0 Å². The summed E-state index contributed by atoms with van der Waals surface area (Å²) in [5.41, 5.74) is 1.69. The summed E-state index contributed by atoms with van der Waals surface area (Å²) in [5, 5.41) is 11.5. The fourth-order valence-corrected chi connectivity index (χ4v) is 7.92. The molecule has 1 aliphatic heterocycles. The molecule has 2 atom stereocenters. The molecule has 0 amide bonds. The molecular formula is C18H22BrNOS2. The average molecular weight is 412 g/mol. The zero-order valence-electron chi connectivity index (χ0n) is 13.3. The Morgan fingerprint density at radius 3 is 2.78 bits per heavy atom. The molecule has 4 rings (SSSR count). The summed E-state index contributed by atoms with van der Waals surface area (Å²) in [7, 11) is 0. The van der Waals surface area contributed by atoms with Crippen LogP contribution in [0.1, 0.15) is 38.3 Å². The molecule has 2 heterocycles. The van der Waals surface area contributed by atoms with Gasteiger partial charge < -0.3 is 5.11 Å². The molecule has 23 heavy (non-hydrogen) atoms. The molecule has 5 heteroatoms. The molecule has 2 fully saturated rings. The standard InChI is InChI=1S/C18H22BrNOS2/c1-16-6-7-18(22-9-10-23-18)11-13(16)4-5-17(16,21)12-15-14(19)3-2-8-20-15/h2-3,8,11,21H,4-7,9-10,12H2,1H3/t16-,17+/m0/s1. The molecule has 1 spiro atoms. The van der Waals surface area contributed by atoms with Crippen LogP contribution in [0.5, 0.6) is 0 Å². The normalized spacial score (nSPS) is 35.3. The van der Waals surface area contributed by atoms with E-state index in [2.05, 4.69) is 57.4 Å². The van der Waals surface area contributed by atoms with Gasteiger partial charge >= 0.3 is 0 Å². The van der Waals surface area contributed by atoms with E-state index in [1.54, 1.807) is 0 Å². The summed E-state index contributed by atoms with van der Waals surface area (Å²) >= 11 is 7.80. The van der Waals surface area contributed by atoms with E-state index < -0.39 is 5.60 Å². The first-order chi connectivity index (χ1) is 11.0. The lowest BCUT2D eigenvalue weighted by atomic mass is 9.66. The SMILES string of the molecule is C[C@]12CCC3(C=C1CC[C@@]2(O)Cc1ncccc1Br)SCCS3. The van der Waals surface area contributed by atoms with E-state index in [9.17, 15) is 5.11 Å². The van der Waals surface area contributed by atoms with Gasteiger partial charge in [0.2, 0.25) is 0 Å². The van der Waals surface area contributed by atoms with Gasteiger partial charge in [-0.1, -0.05) is 18.6 Å². The van der Waals surface area contributed by atoms with Crippen molar-refractivity contribution in [3.05, 3.63) is 40.1 Å². The van der Waals surface area contributed by atoms with Crippen LogP contribution in [0.25, 0.3) is 0 Å². The third-order valence-corrected chi connectivity index (χ3v) is 10.1. The molecule has 0 unspecified atom stereocenters. The predicted octanol–water partition coefficient (Wildman–Crippen LogP) is 4.81. The highest BCUT2D eigenvalue weighted by molar-refractivity contribution is 9.10. The first-order valence-electron chi connectivity index (χ1n) is 8.28. The van der Waals surface area contributed by atoms with Gasteiger partial charge in [0.05, 0.1) is 15.4 Å². The van der Waals surface area contributed by atoms with Crippen molar-refractivity contribution < 1.29 is 5.11 Å². The number of halogens is 1. The maximum Gasteiger partial charge on any atom is 0.0796 e. The highest BCUT2D eigenvalue weighted by atomic mass is 79.9. The number of pyridine rings is 1. The predicted molar refractivity (Wildman–Crippen MR) is 103 cm³/mol. The van der Waals surface area contributed by atoms with Gasteiger partial charge in [-0.05, 0) is 53.7 Å². The molecule has 124 valence electrons. The number of nitrogens with zero attached hydrogens (tertiary/aromatic N) is 1. The largest absolute Gasteiger partial charge is 0.389 e. The molecule has 1 saturated carbocycles. The monoisotopic (exact) mass is 411 g/mol. The molecule has 0 radical (unpaired) electrons. The molecule has 2 nitrogen and oxygen atoms in total. The van der Waals surface area contributed by atoms with Gasteiger partial charge in [0.25, 0.3) is 0 Å². The van der Waals surface area contributed by atoms with Crippen molar-refractivity contribution in [2.24, 2.45) is 5.41 Å². The second-order valence-corrected chi connectivity index (χ2v) is 11.1. The van der Waals surface area contributed by atoms with E-state index in [0.717, 1.165) is 29.4 Å². The van der Waals surface area contributed by atoms with Gasteiger partial charge in [-0.2, -0.15) is 0 Å². The number of hydrogen-bond acceptors (Lipinski definition) is 4. The van der Waals surface area contributed by atoms with Gasteiger partial charge in [-0.3, -0.25) is 4.98 Å². The first kappa shape index (κ1) is 16.5. The quantitative estimate of drug-likeness (QED) is 0.707. The molecule has 0 aromatic carbocycles. The van der Waals surface area contributed by atoms with Gasteiger partial charge in [-0.15, -0.1) is 23.5 Å². The van der Waals surface area contributed by atoms with Crippen LogP contribution in [-0.2, 0) is 6.42 Å². The van der Waals surface area contributed by atoms with Gasteiger partial charge in [0.1, 0.15) is 0 Å². The Morgan fingerprint density at radius 1 is 1.26 bits per heavy atom. The van der Waals surface area contributed by atoms with Crippen molar-refractivity contribution in [3.8, 4) is 0 Å². The van der Waals surface area contributed by atoms with Crippen LogP contribution in [0.15, 0.2) is 34.5 Å². The number of rotatable bonds is 2. The van der Waals surface area contributed by atoms with Gasteiger partial charge in [0, 0.05) is 34.0 Å². The average Bonchev–Trinajstić information content (AvgIpc) is 3.08. The Hall–Kier alpha value is 0.0300. The third-order valence-electron chi connectivity index (χ3n) is 5.98. The maximum atomic E-state index is 11.5. The molecule has 1 aromatic rings. The molecule has 1 aromatic heterocycles. The van der Waals surface area contributed by atoms with Crippen LogP contribution in [-0.4, -0.2) is 31.3 Å². The summed E-state index contributed by atoms with van der Waals surface area (Å²) < 4.78 is 1.30. The molecule has 0 bridgehead atoms. The Labute approximate surface area is 155 Å². The highest BCUT2D eigenvalue weighted by Gasteiger charge is 2.57. The Kier molecular flexibility index (Phi) is 4.15. The smallest absolute Gasteiger partial charge is 0.0796 e. The zero-order chi connectivity index (χ0) is 16.1. The third kappa shape index (κ3) is 2.62. The van der Waals surface area contributed by atoms with Crippen molar-refractivity contribution >= 4 is 39.5 Å². The Bertz CT molecular complexity index is 658. The lowest BCUT2D eigenvalue weighted by Crippen LogP contribution is -2.47. The fourth-order valence-electron chi connectivity index (χ4n) is 4.39. The molecular weight excluding hydrogens is 390 g/mol. The van der Waals surface area contributed by atoms with Crippen LogP contribution in [0.4, 0.5) is 0 Å². The highest BCUT2D eigenvalue weighted by Crippen LogP contribution is 2.62. The fraction of sp³-hybridized carbons (Fsp3) is 0.611. The maximum absolute atomic E-state index is 11.5. The van der Waals surface area contributed by atoms with Crippen LogP contribution >= 0.6 is 39.5 Å². The van der Waals surface area contributed by atoms with Crippen LogP contribution in [0.3, 0.4) is 0 Å². The van der Waals surface area contributed by atoms with E-state index in [-0.39, 0.29) is 5.41 Å². The number of aromatic nitrogens is 1. The van der Waals surface area contributed by atoms with Crippen LogP contribution in [0, 0.1) is 5.41 Å². The summed E-state index contributed by atoms with van der Waals surface area (Å²) in [4.78, 5) is 4.49. The van der Waals surface area contributed by atoms with E-state index >= 15 is 0 Å². The minimum absolute atomic E-state index is 0.0983. The summed E-state index contributed by atoms with van der Waals surface area (Å²) in [5.74, 6) is 2.52. The van der Waals surface area contributed by atoms with Crippen molar-refractivity contribution in [2.45, 2.75) is 48.7 Å². The number of aliphatic hydroxyl groups is 1. The second kappa shape index (κ2) is 5.79. The lowest BCUT2D eigenvalue weighted by molar-refractivity contribution is -0.0460. The summed E-state index contributed by atoms with van der Waals surface area (Å²) in [6, 6.07) is 3.94.